The Kier molecular flexibility index (Phi) is 4.14. The van der Waals surface area contributed by atoms with E-state index in [1.165, 1.54) is 11.8 Å². The van der Waals surface area contributed by atoms with E-state index in [0.29, 0.717) is 5.16 Å². The summed E-state index contributed by atoms with van der Waals surface area (Å²) in [5, 5.41) is 11.5. The standard InChI is InChI=1S/C11H16N6S/c1-4-5-8-14-9(12-3)6-10(15-8)18-11-13-7(2)16-17-11/h6H,4-5H2,1-3H3,(H,12,14,15)(H,13,16,17). The molecule has 18 heavy (non-hydrogen) atoms. The van der Waals surface area contributed by atoms with E-state index >= 15 is 0 Å². The van der Waals surface area contributed by atoms with Crippen LogP contribution in [0.3, 0.4) is 0 Å². The van der Waals surface area contributed by atoms with E-state index in [2.05, 4.69) is 37.4 Å². The van der Waals surface area contributed by atoms with Crippen LogP contribution in [0.25, 0.3) is 0 Å². The van der Waals surface area contributed by atoms with E-state index in [0.717, 1.165) is 35.3 Å². The van der Waals surface area contributed by atoms with Crippen LogP contribution in [-0.2, 0) is 6.42 Å². The third-order valence-corrected chi connectivity index (χ3v) is 3.03. The van der Waals surface area contributed by atoms with Crippen molar-refractivity contribution in [3.63, 3.8) is 0 Å². The minimum atomic E-state index is 0.677. The highest BCUT2D eigenvalue weighted by atomic mass is 32.2. The molecule has 2 rings (SSSR count). The van der Waals surface area contributed by atoms with Crippen molar-refractivity contribution in [2.24, 2.45) is 0 Å². The predicted octanol–water partition coefficient (Wildman–Crippen LogP) is 2.05. The number of rotatable bonds is 5. The van der Waals surface area contributed by atoms with Gasteiger partial charge < -0.3 is 5.32 Å². The van der Waals surface area contributed by atoms with Crippen molar-refractivity contribution in [3.05, 3.63) is 17.7 Å². The molecule has 0 aliphatic heterocycles. The first-order chi connectivity index (χ1) is 8.71. The highest BCUT2D eigenvalue weighted by molar-refractivity contribution is 7.99. The van der Waals surface area contributed by atoms with Crippen molar-refractivity contribution >= 4 is 17.6 Å². The van der Waals surface area contributed by atoms with E-state index in [9.17, 15) is 0 Å². The molecule has 0 unspecified atom stereocenters. The van der Waals surface area contributed by atoms with Crippen molar-refractivity contribution < 1.29 is 0 Å². The Bertz CT molecular complexity index is 524. The van der Waals surface area contributed by atoms with E-state index in [-0.39, 0.29) is 0 Å². The summed E-state index contributed by atoms with van der Waals surface area (Å²) in [6, 6.07) is 1.90. The van der Waals surface area contributed by atoms with Gasteiger partial charge in [-0.05, 0) is 25.1 Å². The van der Waals surface area contributed by atoms with Crippen LogP contribution in [-0.4, -0.2) is 32.2 Å². The molecule has 0 atom stereocenters. The lowest BCUT2D eigenvalue weighted by molar-refractivity contribution is 0.810. The van der Waals surface area contributed by atoms with Crippen LogP contribution in [0, 0.1) is 6.92 Å². The predicted molar refractivity (Wildman–Crippen MR) is 70.8 cm³/mol. The van der Waals surface area contributed by atoms with Crippen LogP contribution in [0.1, 0.15) is 25.0 Å². The molecule has 0 aromatic carbocycles. The minimum absolute atomic E-state index is 0.677. The molecule has 2 heterocycles. The van der Waals surface area contributed by atoms with E-state index < -0.39 is 0 Å². The molecule has 6 nitrogen and oxygen atoms in total. The van der Waals surface area contributed by atoms with Gasteiger partial charge in [0.15, 0.2) is 0 Å². The number of nitrogens with one attached hydrogen (secondary N) is 2. The fourth-order valence-corrected chi connectivity index (χ4v) is 2.23. The first kappa shape index (κ1) is 12.8. The van der Waals surface area contributed by atoms with Crippen LogP contribution in [0.15, 0.2) is 16.2 Å². The Morgan fingerprint density at radius 3 is 2.78 bits per heavy atom. The number of aromatic nitrogens is 5. The summed E-state index contributed by atoms with van der Waals surface area (Å²) in [5.74, 6) is 2.47. The van der Waals surface area contributed by atoms with Crippen LogP contribution >= 0.6 is 11.8 Å². The molecule has 2 N–H and O–H groups in total. The maximum absolute atomic E-state index is 4.49. The summed E-state index contributed by atoms with van der Waals surface area (Å²) < 4.78 is 0. The number of H-pyrrole nitrogens is 1. The third kappa shape index (κ3) is 3.19. The van der Waals surface area contributed by atoms with Gasteiger partial charge in [-0.2, -0.15) is 0 Å². The van der Waals surface area contributed by atoms with Gasteiger partial charge in [0.1, 0.15) is 22.5 Å². The normalized spacial score (nSPS) is 10.6. The number of hydrogen-bond acceptors (Lipinski definition) is 6. The van der Waals surface area contributed by atoms with Gasteiger partial charge in [0.2, 0.25) is 5.16 Å². The van der Waals surface area contributed by atoms with E-state index in [1.807, 2.05) is 20.0 Å². The summed E-state index contributed by atoms with van der Waals surface area (Å²) in [6.45, 7) is 3.99. The molecule has 96 valence electrons. The van der Waals surface area contributed by atoms with Gasteiger partial charge in [-0.25, -0.2) is 15.0 Å². The summed E-state index contributed by atoms with van der Waals surface area (Å²) in [4.78, 5) is 13.2. The van der Waals surface area contributed by atoms with Crippen molar-refractivity contribution in [2.75, 3.05) is 12.4 Å². The number of hydrogen-bond donors (Lipinski definition) is 2. The zero-order chi connectivity index (χ0) is 13.0. The molecule has 0 aliphatic carbocycles. The molecule has 0 fully saturated rings. The van der Waals surface area contributed by atoms with Crippen LogP contribution in [0.2, 0.25) is 0 Å². The van der Waals surface area contributed by atoms with Crippen LogP contribution in [0.5, 0.6) is 0 Å². The first-order valence-electron chi connectivity index (χ1n) is 5.84. The fourth-order valence-electron chi connectivity index (χ4n) is 1.45. The summed E-state index contributed by atoms with van der Waals surface area (Å²) in [7, 11) is 1.85. The molecule has 0 bridgehead atoms. The number of nitrogens with zero attached hydrogens (tertiary/aromatic N) is 4. The maximum Gasteiger partial charge on any atom is 0.214 e. The Morgan fingerprint density at radius 1 is 1.33 bits per heavy atom. The maximum atomic E-state index is 4.49. The van der Waals surface area contributed by atoms with Gasteiger partial charge in [0.25, 0.3) is 0 Å². The zero-order valence-electron chi connectivity index (χ0n) is 10.7. The highest BCUT2D eigenvalue weighted by Gasteiger charge is 2.08. The first-order valence-corrected chi connectivity index (χ1v) is 6.65. The molecule has 2 aromatic heterocycles. The largest absolute Gasteiger partial charge is 0.373 e. The molecule has 0 amide bonds. The molecule has 0 spiro atoms. The Balaban J connectivity index is 2.23. The van der Waals surface area contributed by atoms with Gasteiger partial charge in [-0.15, -0.1) is 5.10 Å². The van der Waals surface area contributed by atoms with E-state index in [1.54, 1.807) is 0 Å². The third-order valence-electron chi connectivity index (χ3n) is 2.25. The lowest BCUT2D eigenvalue weighted by Gasteiger charge is -2.05. The molecular formula is C11H16N6S. The van der Waals surface area contributed by atoms with Crippen molar-refractivity contribution in [1.29, 1.82) is 0 Å². The molecule has 0 saturated carbocycles. The fraction of sp³-hybridized carbons (Fsp3) is 0.455. The van der Waals surface area contributed by atoms with Gasteiger partial charge in [0.05, 0.1) is 0 Å². The number of anilines is 1. The van der Waals surface area contributed by atoms with E-state index in [4.69, 9.17) is 0 Å². The molecule has 0 aliphatic rings. The average Bonchev–Trinajstić information content (AvgIpc) is 2.75. The van der Waals surface area contributed by atoms with Crippen LogP contribution < -0.4 is 5.32 Å². The lowest BCUT2D eigenvalue weighted by Crippen LogP contribution is -2.01. The SMILES string of the molecule is CCCc1nc(NC)cc(Sc2n[nH]c(C)n2)n1. The Hall–Kier alpha value is -1.63. The number of aryl methyl sites for hydroxylation is 2. The van der Waals surface area contributed by atoms with Gasteiger partial charge >= 0.3 is 0 Å². The molecule has 7 heteroatoms. The second kappa shape index (κ2) is 5.81. The average molecular weight is 264 g/mol. The Morgan fingerprint density at radius 2 is 2.17 bits per heavy atom. The van der Waals surface area contributed by atoms with Crippen LogP contribution in [0.4, 0.5) is 5.82 Å². The van der Waals surface area contributed by atoms with Gasteiger partial charge in [-0.1, -0.05) is 6.92 Å². The smallest absolute Gasteiger partial charge is 0.214 e. The van der Waals surface area contributed by atoms with Crippen molar-refractivity contribution in [2.45, 2.75) is 36.9 Å². The van der Waals surface area contributed by atoms with Crippen molar-refractivity contribution in [1.82, 2.24) is 25.1 Å². The molecule has 2 aromatic rings. The summed E-state index contributed by atoms with van der Waals surface area (Å²) in [5.41, 5.74) is 0. The highest BCUT2D eigenvalue weighted by Crippen LogP contribution is 2.24. The van der Waals surface area contributed by atoms with Gasteiger partial charge in [0, 0.05) is 19.5 Å². The second-order valence-corrected chi connectivity index (χ2v) is 4.80. The Labute approximate surface area is 110 Å². The summed E-state index contributed by atoms with van der Waals surface area (Å²) in [6.07, 6.45) is 1.90. The number of aromatic amines is 1. The summed E-state index contributed by atoms with van der Waals surface area (Å²) >= 11 is 1.43. The minimum Gasteiger partial charge on any atom is -0.373 e. The topological polar surface area (TPSA) is 79.4 Å². The second-order valence-electron chi connectivity index (χ2n) is 3.81. The quantitative estimate of drug-likeness (QED) is 0.805. The molecular weight excluding hydrogens is 248 g/mol. The van der Waals surface area contributed by atoms with Crippen molar-refractivity contribution in [3.8, 4) is 0 Å². The zero-order valence-corrected chi connectivity index (χ0v) is 11.5. The monoisotopic (exact) mass is 264 g/mol. The van der Waals surface area contributed by atoms with Gasteiger partial charge in [-0.3, -0.25) is 5.10 Å². The lowest BCUT2D eigenvalue weighted by atomic mass is 10.3. The molecule has 0 saturated heterocycles. The molecule has 0 radical (unpaired) electrons.